The number of benzene rings is 2. The molecule has 0 atom stereocenters. The fraction of sp³-hybridized carbons (Fsp3) is 0.286. The van der Waals surface area contributed by atoms with Crippen LogP contribution in [0.2, 0.25) is 5.02 Å². The Morgan fingerprint density at radius 1 is 1.03 bits per heavy atom. The van der Waals surface area contributed by atoms with Gasteiger partial charge in [0.25, 0.3) is 0 Å². The number of rotatable bonds is 8. The molecule has 0 radical (unpaired) electrons. The molecule has 3 aromatic rings. The largest absolute Gasteiger partial charge is 0.486 e. The van der Waals surface area contributed by atoms with Crippen molar-refractivity contribution in [1.29, 1.82) is 0 Å². The van der Waals surface area contributed by atoms with E-state index in [1.54, 1.807) is 0 Å². The van der Waals surface area contributed by atoms with Crippen LogP contribution in [0.4, 0.5) is 6.01 Å². The zero-order valence-electron chi connectivity index (χ0n) is 16.9. The maximum absolute atomic E-state index is 12.3. The van der Waals surface area contributed by atoms with Crippen molar-refractivity contribution < 1.29 is 27.1 Å². The maximum Gasteiger partial charge on any atom is 0.322 e. The van der Waals surface area contributed by atoms with Crippen LogP contribution in [0.15, 0.2) is 51.8 Å². The maximum atomic E-state index is 12.3. The highest BCUT2D eigenvalue weighted by Gasteiger charge is 2.17. The molecule has 1 N–H and O–H groups in total. The molecule has 2 heterocycles. The second-order valence-electron chi connectivity index (χ2n) is 7.08. The van der Waals surface area contributed by atoms with Gasteiger partial charge in [0.15, 0.2) is 21.3 Å². The van der Waals surface area contributed by atoms with Gasteiger partial charge in [-0.3, -0.25) is 10.1 Å². The predicted octanol–water partition coefficient (Wildman–Crippen LogP) is 3.28. The fourth-order valence-electron chi connectivity index (χ4n) is 3.11. The lowest BCUT2D eigenvalue weighted by Gasteiger charge is -2.18. The number of ether oxygens (including phenoxy) is 2. The summed E-state index contributed by atoms with van der Waals surface area (Å²) < 4.78 is 41.2. The second kappa shape index (κ2) is 9.58. The van der Waals surface area contributed by atoms with Gasteiger partial charge in [0.1, 0.15) is 13.2 Å². The van der Waals surface area contributed by atoms with Gasteiger partial charge in [0.2, 0.25) is 11.8 Å². The number of hydrogen-bond donors (Lipinski definition) is 1. The highest BCUT2D eigenvalue weighted by Crippen LogP contribution is 2.31. The Morgan fingerprint density at radius 3 is 2.56 bits per heavy atom. The van der Waals surface area contributed by atoms with Crippen LogP contribution in [0.3, 0.4) is 0 Å². The van der Waals surface area contributed by atoms with Crippen molar-refractivity contribution in [3.8, 4) is 11.5 Å². The van der Waals surface area contributed by atoms with Crippen LogP contribution in [0.5, 0.6) is 11.5 Å². The highest BCUT2D eigenvalue weighted by molar-refractivity contribution is 7.91. The number of carbonyl (C=O) groups excluding carboxylic acids is 1. The molecule has 168 valence electrons. The Balaban J connectivity index is 1.27. The van der Waals surface area contributed by atoms with Gasteiger partial charge in [-0.15, -0.1) is 5.10 Å². The predicted molar refractivity (Wildman–Crippen MR) is 116 cm³/mol. The zero-order chi connectivity index (χ0) is 22.6. The average Bonchev–Trinajstić information content (AvgIpc) is 3.20. The van der Waals surface area contributed by atoms with Gasteiger partial charge in [-0.25, -0.2) is 8.42 Å². The van der Waals surface area contributed by atoms with Crippen LogP contribution >= 0.6 is 11.6 Å². The van der Waals surface area contributed by atoms with Crippen LogP contribution in [0, 0.1) is 0 Å². The van der Waals surface area contributed by atoms with Crippen LogP contribution in [0.25, 0.3) is 0 Å². The Labute approximate surface area is 189 Å². The van der Waals surface area contributed by atoms with E-state index in [1.165, 1.54) is 24.3 Å². The summed E-state index contributed by atoms with van der Waals surface area (Å²) in [4.78, 5) is 12.3. The molecule has 11 heteroatoms. The lowest BCUT2D eigenvalue weighted by atomic mass is 10.1. The molecule has 0 spiro atoms. The second-order valence-corrected chi connectivity index (χ2v) is 9.63. The normalized spacial score (nSPS) is 13.0. The van der Waals surface area contributed by atoms with Crippen molar-refractivity contribution in [2.75, 3.05) is 24.3 Å². The molecule has 9 nitrogen and oxygen atoms in total. The van der Waals surface area contributed by atoms with Crippen molar-refractivity contribution in [1.82, 2.24) is 10.2 Å². The topological polar surface area (TPSA) is 121 Å². The van der Waals surface area contributed by atoms with E-state index in [9.17, 15) is 13.2 Å². The van der Waals surface area contributed by atoms with Crippen molar-refractivity contribution in [2.45, 2.75) is 24.2 Å². The van der Waals surface area contributed by atoms with Gasteiger partial charge < -0.3 is 13.9 Å². The molecule has 4 rings (SSSR count). The van der Waals surface area contributed by atoms with Crippen molar-refractivity contribution in [3.63, 3.8) is 0 Å². The molecule has 0 saturated heterocycles. The Kier molecular flexibility index (Phi) is 6.61. The SMILES string of the molecule is O=C(CCCS(=O)(=O)c1ccc(Cl)cc1)Nc1nnc(Cc2ccc3c(c2)OCCO3)o1. The van der Waals surface area contributed by atoms with Gasteiger partial charge in [-0.05, 0) is 48.4 Å². The molecule has 2 aromatic carbocycles. The lowest BCUT2D eigenvalue weighted by Crippen LogP contribution is -2.15. The molecular formula is C21H20ClN3O6S. The first-order chi connectivity index (χ1) is 15.4. The summed E-state index contributed by atoms with van der Waals surface area (Å²) in [7, 11) is -3.49. The number of fused-ring (bicyclic) bond motifs is 1. The first-order valence-electron chi connectivity index (χ1n) is 9.88. The summed E-state index contributed by atoms with van der Waals surface area (Å²) in [5, 5.41) is 10.7. The number of amides is 1. The summed E-state index contributed by atoms with van der Waals surface area (Å²) in [6.45, 7) is 1.01. The van der Waals surface area contributed by atoms with Gasteiger partial charge >= 0.3 is 6.01 Å². The summed E-state index contributed by atoms with van der Waals surface area (Å²) in [5.74, 6) is 1.10. The molecule has 32 heavy (non-hydrogen) atoms. The summed E-state index contributed by atoms with van der Waals surface area (Å²) in [6.07, 6.45) is 0.501. The number of sulfone groups is 1. The van der Waals surface area contributed by atoms with E-state index < -0.39 is 15.7 Å². The van der Waals surface area contributed by atoms with Crippen LogP contribution in [0.1, 0.15) is 24.3 Å². The van der Waals surface area contributed by atoms with E-state index in [-0.39, 0.29) is 29.5 Å². The van der Waals surface area contributed by atoms with Crippen molar-refractivity contribution in [2.24, 2.45) is 0 Å². The van der Waals surface area contributed by atoms with Gasteiger partial charge in [0, 0.05) is 11.4 Å². The van der Waals surface area contributed by atoms with Crippen molar-refractivity contribution in [3.05, 3.63) is 58.9 Å². The molecule has 0 bridgehead atoms. The Hall–Kier alpha value is -3.11. The molecule has 0 saturated carbocycles. The zero-order valence-corrected chi connectivity index (χ0v) is 18.5. The number of anilines is 1. The molecule has 0 aliphatic carbocycles. The number of aromatic nitrogens is 2. The van der Waals surface area contributed by atoms with E-state index in [0.29, 0.717) is 42.0 Å². The van der Waals surface area contributed by atoms with Crippen molar-refractivity contribution >= 4 is 33.4 Å². The third-order valence-corrected chi connectivity index (χ3v) is 6.73. The van der Waals surface area contributed by atoms with E-state index in [0.717, 1.165) is 5.56 Å². The minimum atomic E-state index is -3.49. The van der Waals surface area contributed by atoms with E-state index in [1.807, 2.05) is 18.2 Å². The molecular weight excluding hydrogens is 458 g/mol. The molecule has 1 amide bonds. The number of carbonyl (C=O) groups is 1. The molecule has 0 unspecified atom stereocenters. The molecule has 0 fully saturated rings. The highest BCUT2D eigenvalue weighted by atomic mass is 35.5. The monoisotopic (exact) mass is 477 g/mol. The van der Waals surface area contributed by atoms with E-state index >= 15 is 0 Å². The third-order valence-electron chi connectivity index (χ3n) is 4.66. The minimum Gasteiger partial charge on any atom is -0.486 e. The van der Waals surface area contributed by atoms with E-state index in [2.05, 4.69) is 15.5 Å². The number of nitrogens with zero attached hydrogens (tertiary/aromatic N) is 2. The first kappa shape index (κ1) is 22.1. The average molecular weight is 478 g/mol. The third kappa shape index (κ3) is 5.57. The first-order valence-corrected chi connectivity index (χ1v) is 11.9. The number of nitrogens with one attached hydrogen (secondary N) is 1. The van der Waals surface area contributed by atoms with Gasteiger partial charge in [-0.2, -0.15) is 0 Å². The standard InChI is InChI=1S/C21H20ClN3O6S/c22-15-4-6-16(7-5-15)32(27,28)11-1-2-19(26)23-21-25-24-20(31-21)13-14-3-8-17-18(12-14)30-10-9-29-17/h3-8,12H,1-2,9-11,13H2,(H,23,25,26). The van der Waals surface area contributed by atoms with Crippen LogP contribution in [-0.2, 0) is 21.1 Å². The quantitative estimate of drug-likeness (QED) is 0.524. The Morgan fingerprint density at radius 2 is 1.78 bits per heavy atom. The number of halogens is 1. The lowest BCUT2D eigenvalue weighted by molar-refractivity contribution is -0.116. The molecule has 1 aromatic heterocycles. The summed E-state index contributed by atoms with van der Waals surface area (Å²) in [5.41, 5.74) is 0.892. The molecule has 1 aliphatic rings. The molecule has 1 aliphatic heterocycles. The van der Waals surface area contributed by atoms with Gasteiger partial charge in [-0.1, -0.05) is 22.8 Å². The van der Waals surface area contributed by atoms with Crippen LogP contribution in [-0.4, -0.2) is 43.5 Å². The summed E-state index contributed by atoms with van der Waals surface area (Å²) >= 11 is 5.78. The summed E-state index contributed by atoms with van der Waals surface area (Å²) in [6, 6.07) is 11.4. The Bertz CT molecular complexity index is 1210. The fourth-order valence-corrected chi connectivity index (χ4v) is 4.55. The van der Waals surface area contributed by atoms with E-state index in [4.69, 9.17) is 25.5 Å². The van der Waals surface area contributed by atoms with Crippen LogP contribution < -0.4 is 14.8 Å². The van der Waals surface area contributed by atoms with Gasteiger partial charge in [0.05, 0.1) is 17.1 Å². The smallest absolute Gasteiger partial charge is 0.322 e. The minimum absolute atomic E-state index is 0.00725. The number of hydrogen-bond acceptors (Lipinski definition) is 8.